The Morgan fingerprint density at radius 3 is 2.74 bits per heavy atom. The number of ether oxygens (including phenoxy) is 1. The molecule has 7 heteroatoms. The van der Waals surface area contributed by atoms with E-state index in [2.05, 4.69) is 15.3 Å². The van der Waals surface area contributed by atoms with Crippen LogP contribution in [0.2, 0.25) is 5.15 Å². The van der Waals surface area contributed by atoms with E-state index >= 15 is 0 Å². The molecule has 6 nitrogen and oxygen atoms in total. The first-order valence-electron chi connectivity index (χ1n) is 6.82. The van der Waals surface area contributed by atoms with Crippen LogP contribution in [-0.2, 0) is 9.53 Å². The van der Waals surface area contributed by atoms with Gasteiger partial charge in [0.25, 0.3) is 0 Å². The van der Waals surface area contributed by atoms with E-state index < -0.39 is 11.8 Å². The number of aromatic nitrogens is 2. The van der Waals surface area contributed by atoms with Gasteiger partial charge in [-0.1, -0.05) is 11.6 Å². The molecule has 0 saturated heterocycles. The summed E-state index contributed by atoms with van der Waals surface area (Å²) in [7, 11) is 0. The number of hydrogen-bond acceptors (Lipinski definition) is 6. The minimum absolute atomic E-state index is 0.0223. The molecule has 2 heterocycles. The van der Waals surface area contributed by atoms with Crippen LogP contribution in [0.5, 0.6) is 0 Å². The highest BCUT2D eigenvalue weighted by Gasteiger charge is 2.23. The van der Waals surface area contributed by atoms with E-state index in [-0.39, 0.29) is 22.9 Å². The molecular formula is C16H14ClN3O3. The maximum atomic E-state index is 12.6. The minimum Gasteiger partial charge on any atom is -0.462 e. The van der Waals surface area contributed by atoms with Crippen LogP contribution in [0.3, 0.4) is 0 Å². The molecule has 0 saturated carbocycles. The van der Waals surface area contributed by atoms with E-state index in [4.69, 9.17) is 16.3 Å². The lowest BCUT2D eigenvalue weighted by Crippen LogP contribution is -2.18. The van der Waals surface area contributed by atoms with Crippen molar-refractivity contribution >= 4 is 29.0 Å². The number of nitrogens with zero attached hydrogens (tertiary/aromatic N) is 2. The predicted molar refractivity (Wildman–Crippen MR) is 86.2 cm³/mol. The van der Waals surface area contributed by atoms with Crippen LogP contribution in [0.1, 0.15) is 17.3 Å². The summed E-state index contributed by atoms with van der Waals surface area (Å²) in [5, 5.41) is 2.87. The van der Waals surface area contributed by atoms with Crippen molar-refractivity contribution in [3.63, 3.8) is 0 Å². The first-order chi connectivity index (χ1) is 11.1. The molecule has 0 atom stereocenters. The van der Waals surface area contributed by atoms with Crippen LogP contribution in [0.15, 0.2) is 54.6 Å². The van der Waals surface area contributed by atoms with E-state index in [0.717, 1.165) is 0 Å². The summed E-state index contributed by atoms with van der Waals surface area (Å²) in [5.74, 6) is -1.31. The fraction of sp³-hybridized carbons (Fsp3) is 0.125. The normalized spacial score (nSPS) is 11.0. The summed E-state index contributed by atoms with van der Waals surface area (Å²) >= 11 is 5.92. The van der Waals surface area contributed by atoms with E-state index in [1.165, 1.54) is 18.5 Å². The van der Waals surface area contributed by atoms with Crippen LogP contribution in [0, 0.1) is 0 Å². The van der Waals surface area contributed by atoms with Gasteiger partial charge in [0, 0.05) is 18.6 Å². The summed E-state index contributed by atoms with van der Waals surface area (Å²) in [6, 6.07) is 6.53. The first-order valence-corrected chi connectivity index (χ1v) is 7.20. The summed E-state index contributed by atoms with van der Waals surface area (Å²) in [4.78, 5) is 32.4. The summed E-state index contributed by atoms with van der Waals surface area (Å²) in [5.41, 5.74) is 0.575. The fourth-order valence-corrected chi connectivity index (χ4v) is 1.94. The zero-order valence-corrected chi connectivity index (χ0v) is 13.1. The standard InChI is InChI=1S/C16H14ClN3O3/c1-2-23-16(22)13(10-20-11-5-3-7-18-9-11)14(21)12-6-4-8-19-15(12)17/h3-10,20H,2H2,1H3. The van der Waals surface area contributed by atoms with Gasteiger partial charge in [-0.05, 0) is 31.2 Å². The van der Waals surface area contributed by atoms with Crippen molar-refractivity contribution in [3.05, 3.63) is 65.3 Å². The Hall–Kier alpha value is -2.73. The van der Waals surface area contributed by atoms with Gasteiger partial charge in [-0.15, -0.1) is 0 Å². The van der Waals surface area contributed by atoms with Gasteiger partial charge < -0.3 is 10.1 Å². The number of carbonyl (C=O) groups is 2. The van der Waals surface area contributed by atoms with Crippen LogP contribution < -0.4 is 5.32 Å². The van der Waals surface area contributed by atoms with E-state index in [1.807, 2.05) is 0 Å². The Labute approximate surface area is 138 Å². The molecule has 0 aliphatic carbocycles. The predicted octanol–water partition coefficient (Wildman–Crippen LogP) is 2.87. The third kappa shape index (κ3) is 4.37. The third-order valence-electron chi connectivity index (χ3n) is 2.79. The van der Waals surface area contributed by atoms with Crippen LogP contribution in [0.25, 0.3) is 0 Å². The Morgan fingerprint density at radius 1 is 1.30 bits per heavy atom. The van der Waals surface area contributed by atoms with Gasteiger partial charge in [0.1, 0.15) is 10.7 Å². The van der Waals surface area contributed by atoms with E-state index in [1.54, 1.807) is 37.5 Å². The molecule has 0 aromatic carbocycles. The number of esters is 1. The summed E-state index contributed by atoms with van der Waals surface area (Å²) in [6.45, 7) is 1.81. The molecule has 2 rings (SSSR count). The van der Waals surface area contributed by atoms with Crippen molar-refractivity contribution < 1.29 is 14.3 Å². The molecule has 0 bridgehead atoms. The molecule has 0 spiro atoms. The van der Waals surface area contributed by atoms with Gasteiger partial charge in [-0.2, -0.15) is 0 Å². The Morgan fingerprint density at radius 2 is 2.09 bits per heavy atom. The molecule has 0 radical (unpaired) electrons. The number of nitrogens with one attached hydrogen (secondary N) is 1. The lowest BCUT2D eigenvalue weighted by Gasteiger charge is -2.08. The van der Waals surface area contributed by atoms with Crippen molar-refractivity contribution in [2.45, 2.75) is 6.92 Å². The van der Waals surface area contributed by atoms with Gasteiger partial charge in [-0.25, -0.2) is 9.78 Å². The molecule has 0 fully saturated rings. The number of anilines is 1. The highest BCUT2D eigenvalue weighted by molar-refractivity contribution is 6.36. The smallest absolute Gasteiger partial charge is 0.343 e. The summed E-state index contributed by atoms with van der Waals surface area (Å²) in [6.07, 6.45) is 5.91. The quantitative estimate of drug-likeness (QED) is 0.219. The largest absolute Gasteiger partial charge is 0.462 e. The molecular weight excluding hydrogens is 318 g/mol. The van der Waals surface area contributed by atoms with Crippen LogP contribution in [0.4, 0.5) is 5.69 Å². The highest BCUT2D eigenvalue weighted by Crippen LogP contribution is 2.17. The topological polar surface area (TPSA) is 81.2 Å². The molecule has 0 unspecified atom stereocenters. The van der Waals surface area contributed by atoms with Crippen LogP contribution >= 0.6 is 11.6 Å². The number of Topliss-reactive ketones (excluding diaryl/α,β-unsaturated/α-hetero) is 1. The second kappa shape index (κ2) is 8.05. The van der Waals surface area contributed by atoms with Crippen molar-refractivity contribution in [3.8, 4) is 0 Å². The van der Waals surface area contributed by atoms with Gasteiger partial charge in [-0.3, -0.25) is 9.78 Å². The Kier molecular flexibility index (Phi) is 5.82. The highest BCUT2D eigenvalue weighted by atomic mass is 35.5. The van der Waals surface area contributed by atoms with Crippen molar-refractivity contribution in [1.29, 1.82) is 0 Å². The molecule has 0 amide bonds. The van der Waals surface area contributed by atoms with E-state index in [9.17, 15) is 9.59 Å². The van der Waals surface area contributed by atoms with Gasteiger partial charge >= 0.3 is 5.97 Å². The molecule has 2 aromatic heterocycles. The monoisotopic (exact) mass is 331 g/mol. The number of halogens is 1. The molecule has 118 valence electrons. The average Bonchev–Trinajstić information content (AvgIpc) is 2.56. The van der Waals surface area contributed by atoms with E-state index in [0.29, 0.717) is 5.69 Å². The second-order valence-corrected chi connectivity index (χ2v) is 4.69. The van der Waals surface area contributed by atoms with Crippen molar-refractivity contribution in [2.24, 2.45) is 0 Å². The Balaban J connectivity index is 2.32. The summed E-state index contributed by atoms with van der Waals surface area (Å²) < 4.78 is 4.93. The molecule has 1 N–H and O–H groups in total. The molecule has 0 aliphatic rings. The molecule has 0 aliphatic heterocycles. The van der Waals surface area contributed by atoms with Crippen LogP contribution in [-0.4, -0.2) is 28.3 Å². The number of rotatable bonds is 6. The van der Waals surface area contributed by atoms with Gasteiger partial charge in [0.05, 0.1) is 24.1 Å². The van der Waals surface area contributed by atoms with Gasteiger partial charge in [0.2, 0.25) is 5.78 Å². The number of hydrogen-bond donors (Lipinski definition) is 1. The van der Waals surface area contributed by atoms with Gasteiger partial charge in [0.15, 0.2) is 0 Å². The molecule has 23 heavy (non-hydrogen) atoms. The lowest BCUT2D eigenvalue weighted by atomic mass is 10.1. The zero-order valence-electron chi connectivity index (χ0n) is 12.3. The first kappa shape index (κ1) is 16.6. The lowest BCUT2D eigenvalue weighted by molar-refractivity contribution is -0.138. The number of ketones is 1. The maximum Gasteiger partial charge on any atom is 0.343 e. The zero-order chi connectivity index (χ0) is 16.7. The fourth-order valence-electron chi connectivity index (χ4n) is 1.73. The molecule has 2 aromatic rings. The maximum absolute atomic E-state index is 12.6. The number of pyridine rings is 2. The Bertz CT molecular complexity index is 732. The van der Waals surface area contributed by atoms with Crippen molar-refractivity contribution in [1.82, 2.24) is 9.97 Å². The van der Waals surface area contributed by atoms with Crippen molar-refractivity contribution in [2.75, 3.05) is 11.9 Å². The second-order valence-electron chi connectivity index (χ2n) is 4.34. The SMILES string of the molecule is CCOC(=O)C(=CNc1cccnc1)C(=O)c1cccnc1Cl. The average molecular weight is 332 g/mol. The third-order valence-corrected chi connectivity index (χ3v) is 3.09. The number of carbonyl (C=O) groups excluding carboxylic acids is 2. The minimum atomic E-state index is -0.742.